The van der Waals surface area contributed by atoms with Gasteiger partial charge in [-0.3, -0.25) is 14.9 Å². The zero-order valence-corrected chi connectivity index (χ0v) is 13.4. The van der Waals surface area contributed by atoms with Crippen LogP contribution in [0.1, 0.15) is 10.6 Å². The summed E-state index contributed by atoms with van der Waals surface area (Å²) in [5.74, 6) is -0.838. The maximum Gasteiger partial charge on any atom is 0.433 e. The van der Waals surface area contributed by atoms with E-state index in [9.17, 15) is 14.9 Å². The molecule has 1 amide bonds. The molecule has 3 heterocycles. The second-order valence-electron chi connectivity index (χ2n) is 4.99. The monoisotopic (exact) mass is 353 g/mol. The summed E-state index contributed by atoms with van der Waals surface area (Å²) >= 11 is 0. The third-order valence-corrected chi connectivity index (χ3v) is 3.47. The molecule has 2 N–H and O–H groups in total. The Morgan fingerprint density at radius 3 is 2.62 bits per heavy atom. The van der Waals surface area contributed by atoms with E-state index in [1.165, 1.54) is 6.07 Å². The molecule has 1 fully saturated rings. The van der Waals surface area contributed by atoms with Crippen LogP contribution in [-0.2, 0) is 0 Å². The highest BCUT2D eigenvalue weighted by Gasteiger charge is 2.18. The SMILES string of the molecule is Cl.O=C(Nc1ccc(N2CCNCC2)cn1)c1ccc([N+](=O)[O-])o1. The van der Waals surface area contributed by atoms with E-state index in [0.29, 0.717) is 5.82 Å². The molecule has 0 radical (unpaired) electrons. The molecule has 1 aliphatic heterocycles. The average Bonchev–Trinajstić information content (AvgIpc) is 3.07. The minimum absolute atomic E-state index is 0. The molecule has 2 aromatic heterocycles. The van der Waals surface area contributed by atoms with Crippen molar-refractivity contribution in [2.75, 3.05) is 36.4 Å². The van der Waals surface area contributed by atoms with Gasteiger partial charge in [0.2, 0.25) is 0 Å². The van der Waals surface area contributed by atoms with E-state index in [-0.39, 0.29) is 18.2 Å². The lowest BCUT2D eigenvalue weighted by molar-refractivity contribution is -0.402. The number of hydrogen-bond donors (Lipinski definition) is 2. The van der Waals surface area contributed by atoms with Crippen molar-refractivity contribution in [1.29, 1.82) is 0 Å². The van der Waals surface area contributed by atoms with Crippen LogP contribution in [0.5, 0.6) is 0 Å². The van der Waals surface area contributed by atoms with Gasteiger partial charge >= 0.3 is 5.88 Å². The standard InChI is InChI=1S/C14H15N5O4.ClH/c20-14(11-2-4-13(23-11)19(21)22)17-12-3-1-10(9-16-12)18-7-5-15-6-8-18;/h1-4,9,15H,5-8H2,(H,16,17,20);1H. The summed E-state index contributed by atoms with van der Waals surface area (Å²) in [5.41, 5.74) is 0.984. The predicted molar refractivity (Wildman–Crippen MR) is 89.9 cm³/mol. The zero-order valence-electron chi connectivity index (χ0n) is 12.6. The number of hydrogen-bond acceptors (Lipinski definition) is 7. The van der Waals surface area contributed by atoms with Gasteiger partial charge in [0.05, 0.1) is 18.0 Å². The number of carbonyl (C=O) groups is 1. The van der Waals surface area contributed by atoms with Gasteiger partial charge in [0, 0.05) is 26.2 Å². The van der Waals surface area contributed by atoms with Crippen LogP contribution in [0.3, 0.4) is 0 Å². The van der Waals surface area contributed by atoms with Crippen molar-refractivity contribution in [1.82, 2.24) is 10.3 Å². The summed E-state index contributed by atoms with van der Waals surface area (Å²) < 4.78 is 4.84. The van der Waals surface area contributed by atoms with E-state index >= 15 is 0 Å². The third kappa shape index (κ3) is 4.00. The normalized spacial score (nSPS) is 13.9. The quantitative estimate of drug-likeness (QED) is 0.634. The number of furan rings is 1. The molecule has 1 saturated heterocycles. The van der Waals surface area contributed by atoms with Gasteiger partial charge in [-0.1, -0.05) is 0 Å². The van der Waals surface area contributed by atoms with Crippen LogP contribution in [0, 0.1) is 10.1 Å². The van der Waals surface area contributed by atoms with Crippen LogP contribution in [0.15, 0.2) is 34.9 Å². The number of nitrogens with one attached hydrogen (secondary N) is 2. The first kappa shape index (κ1) is 17.7. The first-order chi connectivity index (χ1) is 11.1. The second-order valence-corrected chi connectivity index (χ2v) is 4.99. The molecule has 3 rings (SSSR count). The fourth-order valence-corrected chi connectivity index (χ4v) is 2.30. The predicted octanol–water partition coefficient (Wildman–Crippen LogP) is 1.67. The Kier molecular flexibility index (Phi) is 5.72. The highest BCUT2D eigenvalue weighted by molar-refractivity contribution is 6.01. The smallest absolute Gasteiger partial charge is 0.395 e. The number of halogens is 1. The van der Waals surface area contributed by atoms with Gasteiger partial charge in [0.1, 0.15) is 10.7 Å². The van der Waals surface area contributed by atoms with Gasteiger partial charge < -0.3 is 20.0 Å². The Morgan fingerprint density at radius 2 is 2.04 bits per heavy atom. The number of piperazine rings is 1. The fourth-order valence-electron chi connectivity index (χ4n) is 2.30. The molecule has 2 aromatic rings. The van der Waals surface area contributed by atoms with Crippen molar-refractivity contribution in [3.05, 3.63) is 46.3 Å². The molecule has 0 atom stereocenters. The minimum atomic E-state index is -0.697. The lowest BCUT2D eigenvalue weighted by atomic mass is 10.3. The molecule has 24 heavy (non-hydrogen) atoms. The molecule has 1 aliphatic rings. The summed E-state index contributed by atoms with van der Waals surface area (Å²) in [5, 5.41) is 16.4. The van der Waals surface area contributed by atoms with Gasteiger partial charge in [0.15, 0.2) is 5.76 Å². The number of amides is 1. The van der Waals surface area contributed by atoms with Crippen LogP contribution in [0.4, 0.5) is 17.4 Å². The Morgan fingerprint density at radius 1 is 1.29 bits per heavy atom. The van der Waals surface area contributed by atoms with Crippen LogP contribution >= 0.6 is 12.4 Å². The molecular formula is C14H16ClN5O4. The first-order valence-corrected chi connectivity index (χ1v) is 7.11. The van der Waals surface area contributed by atoms with Gasteiger partial charge in [-0.15, -0.1) is 12.4 Å². The van der Waals surface area contributed by atoms with Crippen molar-refractivity contribution >= 4 is 35.7 Å². The number of aromatic nitrogens is 1. The third-order valence-electron chi connectivity index (χ3n) is 3.47. The number of anilines is 2. The Balaban J connectivity index is 0.00000208. The molecule has 128 valence electrons. The van der Waals surface area contributed by atoms with Gasteiger partial charge in [0.25, 0.3) is 5.91 Å². The lowest BCUT2D eigenvalue weighted by Crippen LogP contribution is -2.43. The topological polar surface area (TPSA) is 114 Å². The highest BCUT2D eigenvalue weighted by atomic mass is 35.5. The van der Waals surface area contributed by atoms with Gasteiger partial charge in [-0.05, 0) is 18.2 Å². The molecule has 0 bridgehead atoms. The maximum absolute atomic E-state index is 12.0. The number of carbonyl (C=O) groups excluding carboxylic acids is 1. The summed E-state index contributed by atoms with van der Waals surface area (Å²) in [6.07, 6.45) is 1.69. The molecule has 0 spiro atoms. The second kappa shape index (κ2) is 7.75. The number of nitrogens with zero attached hydrogens (tertiary/aromatic N) is 3. The summed E-state index contributed by atoms with van der Waals surface area (Å²) in [7, 11) is 0. The summed E-state index contributed by atoms with van der Waals surface area (Å²) in [4.78, 5) is 28.2. The van der Waals surface area contributed by atoms with Crippen LogP contribution in [-0.4, -0.2) is 42.0 Å². The van der Waals surface area contributed by atoms with Crippen molar-refractivity contribution in [2.45, 2.75) is 0 Å². The van der Waals surface area contributed by atoms with E-state index in [4.69, 9.17) is 4.42 Å². The molecule has 0 saturated carbocycles. The zero-order chi connectivity index (χ0) is 16.2. The molecule has 10 heteroatoms. The van der Waals surface area contributed by atoms with Gasteiger partial charge in [-0.25, -0.2) is 4.98 Å². The number of rotatable bonds is 4. The van der Waals surface area contributed by atoms with E-state index in [0.717, 1.165) is 37.9 Å². The Labute approximate surface area is 143 Å². The summed E-state index contributed by atoms with van der Waals surface area (Å²) in [6.45, 7) is 3.67. The van der Waals surface area contributed by atoms with E-state index < -0.39 is 16.7 Å². The van der Waals surface area contributed by atoms with Crippen molar-refractivity contribution in [3.8, 4) is 0 Å². The van der Waals surface area contributed by atoms with Gasteiger partial charge in [-0.2, -0.15) is 0 Å². The van der Waals surface area contributed by atoms with E-state index in [2.05, 4.69) is 20.5 Å². The van der Waals surface area contributed by atoms with Crippen molar-refractivity contribution < 1.29 is 14.1 Å². The fraction of sp³-hybridized carbons (Fsp3) is 0.286. The first-order valence-electron chi connectivity index (χ1n) is 7.11. The lowest BCUT2D eigenvalue weighted by Gasteiger charge is -2.29. The number of pyridine rings is 1. The highest BCUT2D eigenvalue weighted by Crippen LogP contribution is 2.18. The van der Waals surface area contributed by atoms with Crippen LogP contribution < -0.4 is 15.5 Å². The summed E-state index contributed by atoms with van der Waals surface area (Å²) in [6, 6.07) is 5.95. The number of nitro groups is 1. The Bertz CT molecular complexity index is 712. The molecule has 0 unspecified atom stereocenters. The van der Waals surface area contributed by atoms with Crippen molar-refractivity contribution in [2.24, 2.45) is 0 Å². The Hall–Kier alpha value is -2.65. The molecule has 0 aliphatic carbocycles. The minimum Gasteiger partial charge on any atom is -0.395 e. The van der Waals surface area contributed by atoms with Crippen molar-refractivity contribution in [3.63, 3.8) is 0 Å². The largest absolute Gasteiger partial charge is 0.433 e. The molecule has 9 nitrogen and oxygen atoms in total. The molecular weight excluding hydrogens is 338 g/mol. The average molecular weight is 354 g/mol. The maximum atomic E-state index is 12.0. The van der Waals surface area contributed by atoms with E-state index in [1.54, 1.807) is 12.3 Å². The van der Waals surface area contributed by atoms with Crippen LogP contribution in [0.2, 0.25) is 0 Å². The van der Waals surface area contributed by atoms with Crippen LogP contribution in [0.25, 0.3) is 0 Å². The molecule has 0 aromatic carbocycles. The van der Waals surface area contributed by atoms with E-state index in [1.807, 2.05) is 6.07 Å².